The van der Waals surface area contributed by atoms with Crippen molar-refractivity contribution >= 4 is 27.6 Å². The number of nitrogens with one attached hydrogen (secondary N) is 2. The van der Waals surface area contributed by atoms with Gasteiger partial charge in [-0.15, -0.1) is 0 Å². The molecule has 2 amide bonds. The zero-order valence-electron chi connectivity index (χ0n) is 10.5. The maximum absolute atomic E-state index is 11.7. The van der Waals surface area contributed by atoms with Gasteiger partial charge in [-0.2, -0.15) is 0 Å². The van der Waals surface area contributed by atoms with Gasteiger partial charge >= 0.3 is 6.03 Å². The number of pyridine rings is 1. The molecule has 0 saturated carbocycles. The first-order valence-corrected chi connectivity index (χ1v) is 6.65. The Bertz CT molecular complexity index is 569. The smallest absolute Gasteiger partial charge is 0.319 e. The first-order chi connectivity index (χ1) is 9.15. The summed E-state index contributed by atoms with van der Waals surface area (Å²) in [6.45, 7) is 2.36. The standard InChI is InChI=1S/C14H14BrN3O/c1-10-6-7-12(9-16-10)18-14(19)17-8-11-4-2-3-5-13(11)15/h2-7,9H,8H2,1H3,(H2,17,18,19). The van der Waals surface area contributed by atoms with Crippen molar-refractivity contribution < 1.29 is 4.79 Å². The quantitative estimate of drug-likeness (QED) is 0.910. The number of aromatic nitrogens is 1. The van der Waals surface area contributed by atoms with Crippen LogP contribution in [-0.2, 0) is 6.54 Å². The van der Waals surface area contributed by atoms with Gasteiger partial charge in [-0.25, -0.2) is 4.79 Å². The van der Waals surface area contributed by atoms with E-state index >= 15 is 0 Å². The van der Waals surface area contributed by atoms with E-state index in [0.29, 0.717) is 12.2 Å². The zero-order chi connectivity index (χ0) is 13.7. The molecule has 0 spiro atoms. The average molecular weight is 320 g/mol. The Morgan fingerprint density at radius 1 is 1.26 bits per heavy atom. The second-order valence-corrected chi connectivity index (χ2v) is 4.94. The molecule has 2 aromatic rings. The highest BCUT2D eigenvalue weighted by Gasteiger charge is 2.03. The second-order valence-electron chi connectivity index (χ2n) is 4.09. The molecule has 0 bridgehead atoms. The number of hydrogen-bond donors (Lipinski definition) is 2. The molecule has 2 rings (SSSR count). The van der Waals surface area contributed by atoms with Gasteiger partial charge in [0.05, 0.1) is 11.9 Å². The highest BCUT2D eigenvalue weighted by Crippen LogP contribution is 2.15. The number of amides is 2. The predicted molar refractivity (Wildman–Crippen MR) is 79.0 cm³/mol. The molecule has 0 atom stereocenters. The fourth-order valence-electron chi connectivity index (χ4n) is 1.53. The lowest BCUT2D eigenvalue weighted by molar-refractivity contribution is 0.251. The third-order valence-corrected chi connectivity index (χ3v) is 3.34. The molecule has 98 valence electrons. The van der Waals surface area contributed by atoms with Crippen LogP contribution in [0.3, 0.4) is 0 Å². The molecule has 2 N–H and O–H groups in total. The van der Waals surface area contributed by atoms with Crippen LogP contribution < -0.4 is 10.6 Å². The van der Waals surface area contributed by atoms with Crippen LogP contribution in [0.2, 0.25) is 0 Å². The third-order valence-electron chi connectivity index (χ3n) is 2.57. The summed E-state index contributed by atoms with van der Waals surface area (Å²) in [6.07, 6.45) is 1.63. The lowest BCUT2D eigenvalue weighted by atomic mass is 10.2. The number of hydrogen-bond acceptors (Lipinski definition) is 2. The van der Waals surface area contributed by atoms with Crippen molar-refractivity contribution in [2.24, 2.45) is 0 Å². The van der Waals surface area contributed by atoms with Crippen molar-refractivity contribution in [2.45, 2.75) is 13.5 Å². The highest BCUT2D eigenvalue weighted by molar-refractivity contribution is 9.10. The van der Waals surface area contributed by atoms with E-state index < -0.39 is 0 Å². The van der Waals surface area contributed by atoms with Crippen LogP contribution in [-0.4, -0.2) is 11.0 Å². The third kappa shape index (κ3) is 4.06. The molecule has 0 aliphatic rings. The van der Waals surface area contributed by atoms with Gasteiger partial charge in [-0.05, 0) is 30.7 Å². The Morgan fingerprint density at radius 2 is 2.05 bits per heavy atom. The summed E-state index contributed by atoms with van der Waals surface area (Å²) in [7, 11) is 0. The Morgan fingerprint density at radius 3 is 2.74 bits per heavy atom. The van der Waals surface area contributed by atoms with E-state index in [0.717, 1.165) is 15.7 Å². The average Bonchev–Trinajstić information content (AvgIpc) is 2.40. The Balaban J connectivity index is 1.88. The number of urea groups is 1. The first kappa shape index (κ1) is 13.5. The fraction of sp³-hybridized carbons (Fsp3) is 0.143. The molecule has 0 unspecified atom stereocenters. The van der Waals surface area contributed by atoms with Gasteiger partial charge in [0.1, 0.15) is 0 Å². The highest BCUT2D eigenvalue weighted by atomic mass is 79.9. The minimum atomic E-state index is -0.249. The van der Waals surface area contributed by atoms with Crippen LogP contribution in [0.5, 0.6) is 0 Å². The van der Waals surface area contributed by atoms with Crippen LogP contribution >= 0.6 is 15.9 Å². The van der Waals surface area contributed by atoms with E-state index in [1.807, 2.05) is 43.3 Å². The molecule has 0 fully saturated rings. The van der Waals surface area contributed by atoms with Crippen molar-refractivity contribution in [3.8, 4) is 0 Å². The number of nitrogens with zero attached hydrogens (tertiary/aromatic N) is 1. The van der Waals surface area contributed by atoms with Crippen LogP contribution in [0.4, 0.5) is 10.5 Å². The number of rotatable bonds is 3. The summed E-state index contributed by atoms with van der Waals surface area (Å²) < 4.78 is 0.979. The summed E-state index contributed by atoms with van der Waals surface area (Å²) in [6, 6.07) is 11.2. The number of carbonyl (C=O) groups excluding carboxylic acids is 1. The monoisotopic (exact) mass is 319 g/mol. The van der Waals surface area contributed by atoms with Crippen molar-refractivity contribution in [1.82, 2.24) is 10.3 Å². The number of halogens is 1. The van der Waals surface area contributed by atoms with Crippen molar-refractivity contribution in [1.29, 1.82) is 0 Å². The Labute approximate surface area is 120 Å². The topological polar surface area (TPSA) is 54.0 Å². The van der Waals surface area contributed by atoms with Gasteiger partial charge in [0.15, 0.2) is 0 Å². The van der Waals surface area contributed by atoms with E-state index in [1.54, 1.807) is 6.20 Å². The number of aryl methyl sites for hydroxylation is 1. The molecule has 5 heteroatoms. The number of benzene rings is 1. The molecule has 0 aliphatic carbocycles. The summed E-state index contributed by atoms with van der Waals surface area (Å²) in [5.74, 6) is 0. The summed E-state index contributed by atoms with van der Waals surface area (Å²) in [4.78, 5) is 15.8. The fourth-order valence-corrected chi connectivity index (χ4v) is 1.96. The van der Waals surface area contributed by atoms with Crippen molar-refractivity contribution in [3.63, 3.8) is 0 Å². The summed E-state index contributed by atoms with van der Waals surface area (Å²) >= 11 is 3.44. The van der Waals surface area contributed by atoms with Gasteiger partial charge in [0.2, 0.25) is 0 Å². The summed E-state index contributed by atoms with van der Waals surface area (Å²) in [5.41, 5.74) is 2.62. The molecule has 1 heterocycles. The zero-order valence-corrected chi connectivity index (χ0v) is 12.1. The van der Waals surface area contributed by atoms with Gasteiger partial charge in [-0.3, -0.25) is 4.98 Å². The molecular weight excluding hydrogens is 306 g/mol. The predicted octanol–water partition coefficient (Wildman–Crippen LogP) is 3.47. The second kappa shape index (κ2) is 6.33. The molecule has 1 aromatic heterocycles. The van der Waals surface area contributed by atoms with E-state index in [9.17, 15) is 4.79 Å². The largest absolute Gasteiger partial charge is 0.334 e. The van der Waals surface area contributed by atoms with E-state index in [1.165, 1.54) is 0 Å². The van der Waals surface area contributed by atoms with E-state index in [2.05, 4.69) is 31.5 Å². The molecule has 4 nitrogen and oxygen atoms in total. The molecule has 1 aromatic carbocycles. The van der Waals surface area contributed by atoms with Crippen molar-refractivity contribution in [2.75, 3.05) is 5.32 Å². The first-order valence-electron chi connectivity index (χ1n) is 5.86. The van der Waals surface area contributed by atoms with Crippen LogP contribution in [0, 0.1) is 6.92 Å². The lowest BCUT2D eigenvalue weighted by Crippen LogP contribution is -2.28. The van der Waals surface area contributed by atoms with Gasteiger partial charge in [0, 0.05) is 16.7 Å². The van der Waals surface area contributed by atoms with E-state index in [-0.39, 0.29) is 6.03 Å². The number of anilines is 1. The van der Waals surface area contributed by atoms with Crippen LogP contribution in [0.25, 0.3) is 0 Å². The normalized spacial score (nSPS) is 10.0. The molecule has 0 aliphatic heterocycles. The maximum Gasteiger partial charge on any atom is 0.319 e. The molecule has 0 radical (unpaired) electrons. The molecule has 0 saturated heterocycles. The molecular formula is C14H14BrN3O. The Kier molecular flexibility index (Phi) is 4.52. The van der Waals surface area contributed by atoms with Crippen LogP contribution in [0.15, 0.2) is 47.1 Å². The van der Waals surface area contributed by atoms with Crippen LogP contribution in [0.1, 0.15) is 11.3 Å². The number of carbonyl (C=O) groups is 1. The lowest BCUT2D eigenvalue weighted by Gasteiger charge is -2.08. The SMILES string of the molecule is Cc1ccc(NC(=O)NCc2ccccc2Br)cn1. The van der Waals surface area contributed by atoms with Gasteiger partial charge < -0.3 is 10.6 Å². The van der Waals surface area contributed by atoms with Crippen molar-refractivity contribution in [3.05, 3.63) is 58.3 Å². The minimum absolute atomic E-state index is 0.249. The summed E-state index contributed by atoms with van der Waals surface area (Å²) in [5, 5.41) is 5.53. The minimum Gasteiger partial charge on any atom is -0.334 e. The Hall–Kier alpha value is -1.88. The van der Waals surface area contributed by atoms with Gasteiger partial charge in [-0.1, -0.05) is 34.1 Å². The molecule has 19 heavy (non-hydrogen) atoms. The maximum atomic E-state index is 11.7. The van der Waals surface area contributed by atoms with E-state index in [4.69, 9.17) is 0 Å². The van der Waals surface area contributed by atoms with Gasteiger partial charge in [0.25, 0.3) is 0 Å².